The number of benzene rings is 1. The van der Waals surface area contributed by atoms with Crippen LogP contribution in [0, 0.1) is 5.82 Å². The van der Waals surface area contributed by atoms with Gasteiger partial charge in [0.15, 0.2) is 11.6 Å². The van der Waals surface area contributed by atoms with Crippen molar-refractivity contribution in [1.29, 1.82) is 0 Å². The van der Waals surface area contributed by atoms with Gasteiger partial charge in [0, 0.05) is 16.9 Å². The van der Waals surface area contributed by atoms with Crippen LogP contribution in [0.1, 0.15) is 30.0 Å². The summed E-state index contributed by atoms with van der Waals surface area (Å²) in [4.78, 5) is 8.01. The smallest absolute Gasteiger partial charge is 0.187 e. The van der Waals surface area contributed by atoms with Gasteiger partial charge in [-0.25, -0.2) is 14.4 Å². The molecule has 98 valence electrons. The summed E-state index contributed by atoms with van der Waals surface area (Å²) in [6.07, 6.45) is 3.49. The van der Waals surface area contributed by atoms with E-state index < -0.39 is 0 Å². The molecule has 0 atom stereocenters. The lowest BCUT2D eigenvalue weighted by Gasteiger charge is -2.08. The first-order chi connectivity index (χ1) is 9.24. The molecule has 0 amide bonds. The summed E-state index contributed by atoms with van der Waals surface area (Å²) in [6, 6.07) is 7.89. The van der Waals surface area contributed by atoms with Crippen LogP contribution >= 0.6 is 15.9 Å². The Labute approximate surface area is 119 Å². The van der Waals surface area contributed by atoms with Gasteiger partial charge in [0.2, 0.25) is 0 Å². The predicted octanol–water partition coefficient (Wildman–Crippen LogP) is 3.87. The molecule has 3 rings (SSSR count). The van der Waals surface area contributed by atoms with Crippen molar-refractivity contribution in [2.45, 2.75) is 25.3 Å². The highest BCUT2D eigenvalue weighted by Crippen LogP contribution is 2.40. The maximum Gasteiger partial charge on any atom is 0.187 e. The maximum atomic E-state index is 14.1. The van der Waals surface area contributed by atoms with Crippen molar-refractivity contribution in [3.8, 4) is 0 Å². The minimum absolute atomic E-state index is 0.288. The Kier molecular flexibility index (Phi) is 3.46. The predicted molar refractivity (Wildman–Crippen MR) is 75.4 cm³/mol. The Morgan fingerprint density at radius 2 is 1.95 bits per heavy atom. The fourth-order valence-electron chi connectivity index (χ4n) is 1.94. The zero-order chi connectivity index (χ0) is 13.2. The molecule has 0 radical (unpaired) electrons. The molecule has 1 aromatic carbocycles. The second-order valence-electron chi connectivity index (χ2n) is 4.68. The van der Waals surface area contributed by atoms with Crippen LogP contribution in [0.15, 0.2) is 35.1 Å². The monoisotopic (exact) mass is 321 g/mol. The largest absolute Gasteiger partial charge is 0.363 e. The molecule has 5 heteroatoms. The SMILES string of the molecule is Fc1c(NCc2ccc(Br)cc2)ncnc1C1CC1. The summed E-state index contributed by atoms with van der Waals surface area (Å²) in [5.41, 5.74) is 1.63. The van der Waals surface area contributed by atoms with E-state index in [0.29, 0.717) is 18.1 Å². The van der Waals surface area contributed by atoms with Crippen molar-refractivity contribution in [3.63, 3.8) is 0 Å². The van der Waals surface area contributed by atoms with Gasteiger partial charge in [-0.1, -0.05) is 28.1 Å². The molecular formula is C14H13BrFN3. The average molecular weight is 322 g/mol. The number of hydrogen-bond acceptors (Lipinski definition) is 3. The summed E-state index contributed by atoms with van der Waals surface area (Å²) in [5.74, 6) is 0.276. The number of rotatable bonds is 4. The number of anilines is 1. The Balaban J connectivity index is 1.72. The van der Waals surface area contributed by atoms with E-state index in [2.05, 4.69) is 31.2 Å². The summed E-state index contributed by atoms with van der Waals surface area (Å²) >= 11 is 3.38. The third-order valence-electron chi connectivity index (χ3n) is 3.15. The van der Waals surface area contributed by atoms with E-state index in [9.17, 15) is 4.39 Å². The molecule has 0 unspecified atom stereocenters. The van der Waals surface area contributed by atoms with Crippen LogP contribution in [0.2, 0.25) is 0 Å². The van der Waals surface area contributed by atoms with Gasteiger partial charge in [-0.2, -0.15) is 0 Å². The van der Waals surface area contributed by atoms with Crippen molar-refractivity contribution in [1.82, 2.24) is 9.97 Å². The van der Waals surface area contributed by atoms with Crippen molar-refractivity contribution in [2.75, 3.05) is 5.32 Å². The average Bonchev–Trinajstić information content (AvgIpc) is 3.24. The summed E-state index contributed by atoms with van der Waals surface area (Å²) in [5, 5.41) is 3.03. The lowest BCUT2D eigenvalue weighted by molar-refractivity contribution is 0.595. The standard InChI is InChI=1S/C14H13BrFN3/c15-11-5-1-9(2-6-11)7-17-14-12(16)13(10-3-4-10)18-8-19-14/h1-2,5-6,8,10H,3-4,7H2,(H,17,18,19). The van der Waals surface area contributed by atoms with Gasteiger partial charge in [-0.05, 0) is 30.5 Å². The molecule has 1 fully saturated rings. The van der Waals surface area contributed by atoms with Gasteiger partial charge in [0.25, 0.3) is 0 Å². The molecule has 0 saturated heterocycles. The molecule has 2 aromatic rings. The van der Waals surface area contributed by atoms with Crippen LogP contribution in [0.5, 0.6) is 0 Å². The molecular weight excluding hydrogens is 309 g/mol. The van der Waals surface area contributed by atoms with Crippen molar-refractivity contribution in [2.24, 2.45) is 0 Å². The molecule has 1 N–H and O–H groups in total. The third kappa shape index (κ3) is 2.92. The van der Waals surface area contributed by atoms with Crippen LogP contribution < -0.4 is 5.32 Å². The fraction of sp³-hybridized carbons (Fsp3) is 0.286. The van der Waals surface area contributed by atoms with Gasteiger partial charge in [-0.15, -0.1) is 0 Å². The van der Waals surface area contributed by atoms with Crippen molar-refractivity contribution in [3.05, 3.63) is 52.1 Å². The zero-order valence-corrected chi connectivity index (χ0v) is 11.8. The Morgan fingerprint density at radius 1 is 1.21 bits per heavy atom. The number of nitrogens with one attached hydrogen (secondary N) is 1. The van der Waals surface area contributed by atoms with E-state index in [1.807, 2.05) is 24.3 Å². The number of hydrogen-bond donors (Lipinski definition) is 1. The first-order valence-corrected chi connectivity index (χ1v) is 7.02. The van der Waals surface area contributed by atoms with Crippen LogP contribution in [0.3, 0.4) is 0 Å². The molecule has 1 aliphatic carbocycles. The molecule has 1 aromatic heterocycles. The number of nitrogens with zero attached hydrogens (tertiary/aromatic N) is 2. The molecule has 0 spiro atoms. The number of aromatic nitrogens is 2. The van der Waals surface area contributed by atoms with Crippen LogP contribution in [-0.2, 0) is 6.54 Å². The lowest BCUT2D eigenvalue weighted by atomic mass is 10.2. The second kappa shape index (κ2) is 5.25. The Hall–Kier alpha value is -1.49. The lowest BCUT2D eigenvalue weighted by Crippen LogP contribution is -2.06. The van der Waals surface area contributed by atoms with E-state index in [1.54, 1.807) is 0 Å². The van der Waals surface area contributed by atoms with E-state index in [0.717, 1.165) is 22.9 Å². The van der Waals surface area contributed by atoms with Gasteiger partial charge >= 0.3 is 0 Å². The van der Waals surface area contributed by atoms with Gasteiger partial charge in [-0.3, -0.25) is 0 Å². The zero-order valence-electron chi connectivity index (χ0n) is 10.2. The minimum Gasteiger partial charge on any atom is -0.363 e. The summed E-state index contributed by atoms with van der Waals surface area (Å²) in [7, 11) is 0. The van der Waals surface area contributed by atoms with E-state index in [4.69, 9.17) is 0 Å². The third-order valence-corrected chi connectivity index (χ3v) is 3.68. The highest BCUT2D eigenvalue weighted by molar-refractivity contribution is 9.10. The molecule has 1 saturated carbocycles. The maximum absolute atomic E-state index is 14.1. The molecule has 0 bridgehead atoms. The minimum atomic E-state index is -0.304. The van der Waals surface area contributed by atoms with Crippen LogP contribution in [-0.4, -0.2) is 9.97 Å². The van der Waals surface area contributed by atoms with Crippen molar-refractivity contribution < 1.29 is 4.39 Å². The first kappa shape index (κ1) is 12.5. The highest BCUT2D eigenvalue weighted by atomic mass is 79.9. The molecule has 0 aliphatic heterocycles. The van der Waals surface area contributed by atoms with Crippen LogP contribution in [0.4, 0.5) is 10.2 Å². The molecule has 3 nitrogen and oxygen atoms in total. The first-order valence-electron chi connectivity index (χ1n) is 6.23. The molecule has 1 aliphatic rings. The number of halogens is 2. The topological polar surface area (TPSA) is 37.8 Å². The quantitative estimate of drug-likeness (QED) is 0.929. The van der Waals surface area contributed by atoms with E-state index in [1.165, 1.54) is 6.33 Å². The fourth-order valence-corrected chi connectivity index (χ4v) is 2.20. The second-order valence-corrected chi connectivity index (χ2v) is 5.59. The van der Waals surface area contributed by atoms with E-state index >= 15 is 0 Å². The van der Waals surface area contributed by atoms with Crippen molar-refractivity contribution >= 4 is 21.7 Å². The molecule has 19 heavy (non-hydrogen) atoms. The van der Waals surface area contributed by atoms with Crippen LogP contribution in [0.25, 0.3) is 0 Å². The molecule has 1 heterocycles. The summed E-state index contributed by atoms with van der Waals surface area (Å²) < 4.78 is 15.2. The Morgan fingerprint density at radius 3 is 2.63 bits per heavy atom. The van der Waals surface area contributed by atoms with Gasteiger partial charge in [0.05, 0.1) is 5.69 Å². The highest BCUT2D eigenvalue weighted by Gasteiger charge is 2.29. The van der Waals surface area contributed by atoms with Gasteiger partial charge in [0.1, 0.15) is 6.33 Å². The summed E-state index contributed by atoms with van der Waals surface area (Å²) in [6.45, 7) is 0.547. The van der Waals surface area contributed by atoms with E-state index in [-0.39, 0.29) is 11.7 Å². The van der Waals surface area contributed by atoms with Gasteiger partial charge < -0.3 is 5.32 Å². The normalized spacial score (nSPS) is 14.4. The Bertz CT molecular complexity index is 582.